The molecule has 1 aliphatic rings. The lowest BCUT2D eigenvalue weighted by atomic mass is 10.1. The topological polar surface area (TPSA) is 85.1 Å². The highest BCUT2D eigenvalue weighted by Crippen LogP contribution is 2.41. The number of aromatic amines is 1. The normalized spacial score (nSPS) is 17.8. The van der Waals surface area contributed by atoms with Gasteiger partial charge in [0.15, 0.2) is 11.5 Å². The van der Waals surface area contributed by atoms with E-state index in [4.69, 9.17) is 18.9 Å². The van der Waals surface area contributed by atoms with Crippen LogP contribution in [0.4, 0.5) is 0 Å². The average molecular weight is 396 g/mol. The number of para-hydroxylation sites is 1. The minimum absolute atomic E-state index is 0.00706. The highest BCUT2D eigenvalue weighted by atomic mass is 16.6. The molecule has 1 fully saturated rings. The second-order valence-electron chi connectivity index (χ2n) is 6.90. The summed E-state index contributed by atoms with van der Waals surface area (Å²) < 4.78 is 21.8. The van der Waals surface area contributed by atoms with E-state index in [1.54, 1.807) is 33.5 Å². The maximum Gasteiger partial charge on any atom is 0.224 e. The molecule has 4 rings (SSSR count). The molecule has 3 aromatic rings. The third-order valence-electron chi connectivity index (χ3n) is 5.10. The largest absolute Gasteiger partial charge is 0.493 e. The van der Waals surface area contributed by atoms with Crippen molar-refractivity contribution < 1.29 is 23.7 Å². The van der Waals surface area contributed by atoms with Crippen molar-refractivity contribution in [3.8, 4) is 17.2 Å². The zero-order valence-electron chi connectivity index (χ0n) is 16.7. The van der Waals surface area contributed by atoms with Gasteiger partial charge in [0.2, 0.25) is 11.7 Å². The van der Waals surface area contributed by atoms with Crippen LogP contribution >= 0.6 is 0 Å². The zero-order chi connectivity index (χ0) is 20.4. The Morgan fingerprint density at radius 3 is 2.52 bits per heavy atom. The van der Waals surface area contributed by atoms with Gasteiger partial charge in [0.25, 0.3) is 0 Å². The minimum atomic E-state index is -0.0903. The fourth-order valence-corrected chi connectivity index (χ4v) is 3.60. The second kappa shape index (κ2) is 8.05. The van der Waals surface area contributed by atoms with Gasteiger partial charge in [0, 0.05) is 29.2 Å². The van der Waals surface area contributed by atoms with Crippen LogP contribution in [0.15, 0.2) is 42.6 Å². The molecule has 2 atom stereocenters. The Kier molecular flexibility index (Phi) is 5.31. The molecule has 2 heterocycles. The Morgan fingerprint density at radius 2 is 1.83 bits per heavy atom. The van der Waals surface area contributed by atoms with Crippen molar-refractivity contribution in [1.29, 1.82) is 0 Å². The molecule has 0 bridgehead atoms. The summed E-state index contributed by atoms with van der Waals surface area (Å²) in [4.78, 5) is 15.7. The molecule has 1 saturated heterocycles. The summed E-state index contributed by atoms with van der Waals surface area (Å²) in [6.07, 6.45) is 2.18. The third kappa shape index (κ3) is 3.86. The lowest BCUT2D eigenvalue weighted by molar-refractivity contribution is -0.120. The van der Waals surface area contributed by atoms with E-state index in [0.717, 1.165) is 22.0 Å². The summed E-state index contributed by atoms with van der Waals surface area (Å²) in [5.74, 6) is 1.47. The lowest BCUT2D eigenvalue weighted by Gasteiger charge is -2.14. The van der Waals surface area contributed by atoms with Crippen molar-refractivity contribution >= 4 is 16.8 Å². The number of fused-ring (bicyclic) bond motifs is 1. The first-order valence-corrected chi connectivity index (χ1v) is 9.41. The molecule has 0 aliphatic carbocycles. The van der Waals surface area contributed by atoms with Gasteiger partial charge in [-0.05, 0) is 23.8 Å². The van der Waals surface area contributed by atoms with Gasteiger partial charge < -0.3 is 29.2 Å². The monoisotopic (exact) mass is 396 g/mol. The highest BCUT2D eigenvalue weighted by Gasteiger charge is 2.41. The number of hydrogen-bond donors (Lipinski definition) is 2. The number of rotatable bonds is 8. The summed E-state index contributed by atoms with van der Waals surface area (Å²) in [6, 6.07) is 11.7. The number of amides is 1. The number of hydrogen-bond acceptors (Lipinski definition) is 5. The molecule has 2 aromatic carbocycles. The van der Waals surface area contributed by atoms with Gasteiger partial charge in [-0.25, -0.2) is 0 Å². The second-order valence-corrected chi connectivity index (χ2v) is 6.90. The van der Waals surface area contributed by atoms with E-state index in [1.165, 1.54) is 0 Å². The van der Waals surface area contributed by atoms with Gasteiger partial charge in [0.05, 0.1) is 27.8 Å². The van der Waals surface area contributed by atoms with Crippen LogP contribution in [0, 0.1) is 0 Å². The zero-order valence-corrected chi connectivity index (χ0v) is 16.7. The van der Waals surface area contributed by atoms with E-state index in [1.807, 2.05) is 24.4 Å². The van der Waals surface area contributed by atoms with Crippen molar-refractivity contribution in [2.24, 2.45) is 0 Å². The van der Waals surface area contributed by atoms with E-state index in [9.17, 15) is 4.79 Å². The molecule has 0 saturated carbocycles. The molecule has 29 heavy (non-hydrogen) atoms. The third-order valence-corrected chi connectivity index (χ3v) is 5.10. The van der Waals surface area contributed by atoms with E-state index in [-0.39, 0.29) is 24.5 Å². The number of aromatic nitrogens is 1. The molecular formula is C22H24N2O5. The van der Waals surface area contributed by atoms with Gasteiger partial charge in [-0.2, -0.15) is 0 Å². The minimum Gasteiger partial charge on any atom is -0.493 e. The summed E-state index contributed by atoms with van der Waals surface area (Å²) in [7, 11) is 4.65. The average Bonchev–Trinajstić information content (AvgIpc) is 3.39. The standard InChI is InChI=1S/C22H24N2O5/c1-26-17-8-13(9-18(27-2)22(17)28-3)10-20(25)24-12-19-21(29-19)15-11-23-16-7-5-4-6-14(15)16/h4-9,11,19,21,23H,10,12H2,1-3H3,(H,24,25). The first-order valence-electron chi connectivity index (χ1n) is 9.41. The SMILES string of the molecule is COc1cc(CC(=O)NCC2OC2c2c[nH]c3ccccc23)cc(OC)c1OC. The molecule has 0 spiro atoms. The van der Waals surface area contributed by atoms with Crippen LogP contribution in [-0.2, 0) is 16.0 Å². The molecule has 0 radical (unpaired) electrons. The number of carbonyl (C=O) groups is 1. The Hall–Kier alpha value is -3.19. The first-order chi connectivity index (χ1) is 14.1. The van der Waals surface area contributed by atoms with E-state index in [0.29, 0.717) is 23.8 Å². The van der Waals surface area contributed by atoms with Gasteiger partial charge in [-0.3, -0.25) is 4.79 Å². The number of methoxy groups -OCH3 is 3. The van der Waals surface area contributed by atoms with Crippen molar-refractivity contribution in [3.63, 3.8) is 0 Å². The maximum atomic E-state index is 12.4. The number of epoxide rings is 1. The molecule has 1 aliphatic heterocycles. The van der Waals surface area contributed by atoms with Gasteiger partial charge in [0.1, 0.15) is 12.2 Å². The van der Waals surface area contributed by atoms with Gasteiger partial charge in [-0.15, -0.1) is 0 Å². The summed E-state index contributed by atoms with van der Waals surface area (Å²) in [5, 5.41) is 4.11. The van der Waals surface area contributed by atoms with Crippen LogP contribution in [0.1, 0.15) is 17.2 Å². The maximum absolute atomic E-state index is 12.4. The highest BCUT2D eigenvalue weighted by molar-refractivity contribution is 5.84. The predicted octanol–water partition coefficient (Wildman–Crippen LogP) is 2.99. The molecule has 2 unspecified atom stereocenters. The fraction of sp³-hybridized carbons (Fsp3) is 0.318. The van der Waals surface area contributed by atoms with E-state index in [2.05, 4.69) is 16.4 Å². The van der Waals surface area contributed by atoms with Crippen molar-refractivity contribution in [2.45, 2.75) is 18.6 Å². The van der Waals surface area contributed by atoms with Gasteiger partial charge >= 0.3 is 0 Å². The molecular weight excluding hydrogens is 372 g/mol. The number of nitrogens with one attached hydrogen (secondary N) is 2. The van der Waals surface area contributed by atoms with Crippen LogP contribution in [0.5, 0.6) is 17.2 Å². The number of benzene rings is 2. The first kappa shape index (κ1) is 19.1. The Balaban J connectivity index is 1.35. The summed E-state index contributed by atoms with van der Waals surface area (Å²) in [5.41, 5.74) is 2.99. The summed E-state index contributed by atoms with van der Waals surface area (Å²) >= 11 is 0. The molecule has 2 N–H and O–H groups in total. The quantitative estimate of drug-likeness (QED) is 0.572. The molecule has 1 aromatic heterocycles. The Bertz CT molecular complexity index is 1000. The van der Waals surface area contributed by atoms with E-state index < -0.39 is 0 Å². The number of H-pyrrole nitrogens is 1. The summed E-state index contributed by atoms with van der Waals surface area (Å²) in [6.45, 7) is 0.466. The number of carbonyl (C=O) groups excluding carboxylic acids is 1. The van der Waals surface area contributed by atoms with E-state index >= 15 is 0 Å². The van der Waals surface area contributed by atoms with Crippen LogP contribution in [-0.4, -0.2) is 44.9 Å². The lowest BCUT2D eigenvalue weighted by Crippen LogP contribution is -2.29. The number of ether oxygens (including phenoxy) is 4. The molecule has 7 nitrogen and oxygen atoms in total. The molecule has 152 valence electrons. The molecule has 1 amide bonds. The van der Waals surface area contributed by atoms with Crippen LogP contribution in [0.25, 0.3) is 10.9 Å². The fourth-order valence-electron chi connectivity index (χ4n) is 3.60. The Morgan fingerprint density at radius 1 is 1.10 bits per heavy atom. The molecule has 7 heteroatoms. The predicted molar refractivity (Wildman–Crippen MR) is 109 cm³/mol. The van der Waals surface area contributed by atoms with Crippen molar-refractivity contribution in [1.82, 2.24) is 10.3 Å². The van der Waals surface area contributed by atoms with Crippen LogP contribution in [0.3, 0.4) is 0 Å². The van der Waals surface area contributed by atoms with Crippen LogP contribution < -0.4 is 19.5 Å². The van der Waals surface area contributed by atoms with Crippen molar-refractivity contribution in [2.75, 3.05) is 27.9 Å². The van der Waals surface area contributed by atoms with Crippen LogP contribution in [0.2, 0.25) is 0 Å². The Labute approximate surface area is 168 Å². The smallest absolute Gasteiger partial charge is 0.224 e. The van der Waals surface area contributed by atoms with Gasteiger partial charge in [-0.1, -0.05) is 18.2 Å². The van der Waals surface area contributed by atoms with Crippen molar-refractivity contribution in [3.05, 3.63) is 53.7 Å².